The highest BCUT2D eigenvalue weighted by Gasteiger charge is 2.45. The van der Waals surface area contributed by atoms with Gasteiger partial charge in [-0.2, -0.15) is 18.2 Å². The van der Waals surface area contributed by atoms with Gasteiger partial charge in [0, 0.05) is 23.2 Å². The van der Waals surface area contributed by atoms with Gasteiger partial charge in [0.1, 0.15) is 29.7 Å². The van der Waals surface area contributed by atoms with Crippen LogP contribution in [0.25, 0.3) is 34.3 Å². The minimum absolute atomic E-state index is 0.0182. The molecule has 208 valence electrons. The van der Waals surface area contributed by atoms with Gasteiger partial charge in [0.15, 0.2) is 0 Å². The highest BCUT2D eigenvalue weighted by molar-refractivity contribution is 5.76. The molecule has 2 aromatic heterocycles. The summed E-state index contributed by atoms with van der Waals surface area (Å²) in [5.74, 6) is -1.73. The van der Waals surface area contributed by atoms with Crippen molar-refractivity contribution in [3.8, 4) is 40.0 Å². The molecular formula is C27H23F3N4O6. The fraction of sp³-hybridized carbons (Fsp3) is 0.333. The van der Waals surface area contributed by atoms with E-state index in [1.807, 2.05) is 0 Å². The fourth-order valence-corrected chi connectivity index (χ4v) is 5.02. The van der Waals surface area contributed by atoms with Crippen LogP contribution in [-0.2, 0) is 11.0 Å². The molecule has 0 saturated heterocycles. The van der Waals surface area contributed by atoms with E-state index in [2.05, 4.69) is 20.6 Å². The molecule has 4 aromatic rings. The maximum Gasteiger partial charge on any atom is 0.422 e. The number of aliphatic carboxylic acids is 1. The molecule has 1 aliphatic heterocycles. The van der Waals surface area contributed by atoms with Crippen LogP contribution in [0.2, 0.25) is 0 Å². The number of carboxylic acids is 1. The molecule has 40 heavy (non-hydrogen) atoms. The van der Waals surface area contributed by atoms with Crippen molar-refractivity contribution in [2.75, 3.05) is 13.2 Å². The average molecular weight is 556 g/mol. The molecule has 1 saturated carbocycles. The quantitative estimate of drug-likeness (QED) is 0.293. The first kappa shape index (κ1) is 26.0. The largest absolute Gasteiger partial charge is 0.491 e. The Balaban J connectivity index is 1.23. The minimum atomic E-state index is -4.81. The third kappa shape index (κ3) is 4.50. The Morgan fingerprint density at radius 1 is 1.07 bits per heavy atom. The Morgan fingerprint density at radius 2 is 1.85 bits per heavy atom. The topological polar surface area (TPSA) is 144 Å². The minimum Gasteiger partial charge on any atom is -0.491 e. The van der Waals surface area contributed by atoms with Gasteiger partial charge in [-0.05, 0) is 18.9 Å². The first-order chi connectivity index (χ1) is 19.2. The van der Waals surface area contributed by atoms with Crippen molar-refractivity contribution in [1.29, 1.82) is 0 Å². The molecule has 1 aliphatic carbocycles. The van der Waals surface area contributed by atoms with Gasteiger partial charge in [-0.3, -0.25) is 4.79 Å². The van der Waals surface area contributed by atoms with E-state index in [1.165, 1.54) is 12.1 Å². The van der Waals surface area contributed by atoms with Crippen molar-refractivity contribution >= 4 is 5.97 Å². The van der Waals surface area contributed by atoms with E-state index >= 15 is 0 Å². The third-order valence-corrected chi connectivity index (χ3v) is 7.50. The van der Waals surface area contributed by atoms with Gasteiger partial charge >= 0.3 is 12.1 Å². The van der Waals surface area contributed by atoms with Crippen molar-refractivity contribution in [3.63, 3.8) is 0 Å². The van der Waals surface area contributed by atoms with E-state index in [-0.39, 0.29) is 24.5 Å². The van der Waals surface area contributed by atoms with Crippen LogP contribution in [0, 0.1) is 5.41 Å². The van der Waals surface area contributed by atoms with Crippen molar-refractivity contribution in [3.05, 3.63) is 59.7 Å². The van der Waals surface area contributed by atoms with Crippen LogP contribution in [0.4, 0.5) is 13.2 Å². The lowest BCUT2D eigenvalue weighted by Crippen LogP contribution is -2.52. The summed E-state index contributed by atoms with van der Waals surface area (Å²) < 4.78 is 58.0. The Bertz CT molecular complexity index is 1550. The van der Waals surface area contributed by atoms with E-state index in [0.29, 0.717) is 29.7 Å². The van der Waals surface area contributed by atoms with Crippen molar-refractivity contribution in [2.45, 2.75) is 37.6 Å². The standard InChI is InChI=1S/C27H23F3N4O6/c28-27(29,30)19-20(14-5-2-1-3-6-14)33-39-22(19)24-32-23(34-40-24)15-7-8-16-18(11-15)38-12-17(21(16)35)31-13-26(25(36)37)9-4-10-26/h1-3,5-8,11,17,21,31,35H,4,9-10,12-13H2,(H,36,37)/t17-,21-/m0/s1. The van der Waals surface area contributed by atoms with E-state index in [0.717, 1.165) is 6.42 Å². The second kappa shape index (κ2) is 9.75. The Kier molecular flexibility index (Phi) is 6.34. The number of carbonyl (C=O) groups is 1. The number of rotatable bonds is 7. The van der Waals surface area contributed by atoms with Crippen LogP contribution < -0.4 is 10.1 Å². The Labute approximate surface area is 224 Å². The molecule has 2 aromatic carbocycles. The van der Waals surface area contributed by atoms with Crippen LogP contribution in [-0.4, -0.2) is 50.7 Å². The van der Waals surface area contributed by atoms with Gasteiger partial charge in [0.05, 0.1) is 11.5 Å². The van der Waals surface area contributed by atoms with Gasteiger partial charge in [-0.15, -0.1) is 0 Å². The van der Waals surface area contributed by atoms with Crippen LogP contribution in [0.3, 0.4) is 0 Å². The van der Waals surface area contributed by atoms with E-state index < -0.39 is 52.6 Å². The molecule has 0 bridgehead atoms. The molecular weight excluding hydrogens is 533 g/mol. The van der Waals surface area contributed by atoms with Crippen LogP contribution >= 0.6 is 0 Å². The van der Waals surface area contributed by atoms with Crippen LogP contribution in [0.1, 0.15) is 36.5 Å². The molecule has 3 N–H and O–H groups in total. The van der Waals surface area contributed by atoms with Crippen molar-refractivity contribution < 1.29 is 42.0 Å². The summed E-state index contributed by atoms with van der Waals surface area (Å²) in [6.07, 6.45) is -3.76. The maximum absolute atomic E-state index is 14.0. The first-order valence-corrected chi connectivity index (χ1v) is 12.5. The highest BCUT2D eigenvalue weighted by atomic mass is 19.4. The molecule has 10 nitrogen and oxygen atoms in total. The summed E-state index contributed by atoms with van der Waals surface area (Å²) in [6.45, 7) is 0.306. The number of fused-ring (bicyclic) bond motifs is 1. The van der Waals surface area contributed by atoms with Gasteiger partial charge in [0.2, 0.25) is 11.6 Å². The second-order valence-electron chi connectivity index (χ2n) is 9.96. The summed E-state index contributed by atoms with van der Waals surface area (Å²) in [4.78, 5) is 15.7. The third-order valence-electron chi connectivity index (χ3n) is 7.50. The molecule has 2 aliphatic rings. The molecule has 3 heterocycles. The zero-order valence-electron chi connectivity index (χ0n) is 20.8. The number of nitrogens with zero attached hydrogens (tertiary/aromatic N) is 3. The van der Waals surface area contributed by atoms with E-state index in [1.54, 1.807) is 36.4 Å². The molecule has 6 rings (SSSR count). The van der Waals surface area contributed by atoms with Crippen molar-refractivity contribution in [2.24, 2.45) is 5.41 Å². The highest BCUT2D eigenvalue weighted by Crippen LogP contribution is 2.44. The lowest BCUT2D eigenvalue weighted by atomic mass is 9.68. The summed E-state index contributed by atoms with van der Waals surface area (Å²) in [7, 11) is 0. The van der Waals surface area contributed by atoms with E-state index in [9.17, 15) is 28.2 Å². The number of aromatic nitrogens is 3. The smallest absolute Gasteiger partial charge is 0.422 e. The first-order valence-electron chi connectivity index (χ1n) is 12.5. The molecule has 0 spiro atoms. The average Bonchev–Trinajstić information content (AvgIpc) is 3.57. The number of aliphatic hydroxyl groups excluding tert-OH is 1. The Hall–Kier alpha value is -4.23. The fourth-order valence-electron chi connectivity index (χ4n) is 5.02. The summed E-state index contributed by atoms with van der Waals surface area (Å²) >= 11 is 0. The SMILES string of the molecule is O=C(O)C1(CN[C@H]2COc3cc(-c4noc(-c5onc(-c6ccccc6)c5C(F)(F)F)n4)ccc3[C@@H]2O)CCC1. The number of halogens is 3. The number of ether oxygens (including phenoxy) is 1. The number of hydrogen-bond acceptors (Lipinski definition) is 9. The van der Waals surface area contributed by atoms with Gasteiger partial charge in [0.25, 0.3) is 5.89 Å². The maximum atomic E-state index is 14.0. The number of aliphatic hydroxyl groups is 1. The number of benzene rings is 2. The number of nitrogens with one attached hydrogen (secondary N) is 1. The van der Waals surface area contributed by atoms with Crippen LogP contribution in [0.5, 0.6) is 5.75 Å². The summed E-state index contributed by atoms with van der Waals surface area (Å²) in [5, 5.41) is 31.0. The number of hydrogen-bond donors (Lipinski definition) is 3. The van der Waals surface area contributed by atoms with Gasteiger partial charge < -0.3 is 29.3 Å². The number of alkyl halides is 3. The Morgan fingerprint density at radius 3 is 2.52 bits per heavy atom. The summed E-state index contributed by atoms with van der Waals surface area (Å²) in [5.41, 5.74) is -1.28. The molecule has 0 amide bonds. The molecule has 2 atom stereocenters. The normalized spacial score (nSPS) is 19.9. The van der Waals surface area contributed by atoms with Crippen LogP contribution in [0.15, 0.2) is 57.6 Å². The predicted octanol–water partition coefficient (Wildman–Crippen LogP) is 4.72. The lowest BCUT2D eigenvalue weighted by molar-refractivity contribution is -0.154. The molecule has 0 radical (unpaired) electrons. The monoisotopic (exact) mass is 556 g/mol. The zero-order chi connectivity index (χ0) is 28.1. The summed E-state index contributed by atoms with van der Waals surface area (Å²) in [6, 6.07) is 12.0. The molecule has 0 unspecified atom stereocenters. The number of carboxylic acid groups (broad SMARTS) is 1. The predicted molar refractivity (Wildman–Crippen MR) is 132 cm³/mol. The molecule has 13 heteroatoms. The lowest BCUT2D eigenvalue weighted by Gasteiger charge is -2.40. The molecule has 1 fully saturated rings. The second-order valence-corrected chi connectivity index (χ2v) is 9.96. The van der Waals surface area contributed by atoms with Gasteiger partial charge in [-0.1, -0.05) is 59.2 Å². The van der Waals surface area contributed by atoms with E-state index in [4.69, 9.17) is 13.8 Å². The van der Waals surface area contributed by atoms with Gasteiger partial charge in [-0.25, -0.2) is 0 Å². The zero-order valence-corrected chi connectivity index (χ0v) is 20.8. The van der Waals surface area contributed by atoms with Crippen molar-refractivity contribution in [1.82, 2.24) is 20.6 Å².